The molecule has 14 heteroatoms. The molecule has 0 radical (unpaired) electrons. The van der Waals surface area contributed by atoms with Crippen molar-refractivity contribution in [3.63, 3.8) is 0 Å². The monoisotopic (exact) mass is 1020 g/mol. The van der Waals surface area contributed by atoms with Gasteiger partial charge in [0.1, 0.15) is 0 Å². The summed E-state index contributed by atoms with van der Waals surface area (Å²) in [6.07, 6.45) is 27.2. The number of hydrogen-bond donors (Lipinski definition) is 0. The summed E-state index contributed by atoms with van der Waals surface area (Å²) in [5.41, 5.74) is 6.93. The number of benzene rings is 2. The van der Waals surface area contributed by atoms with Crippen molar-refractivity contribution in [2.24, 2.45) is 28.2 Å². The van der Waals surface area contributed by atoms with E-state index in [0.29, 0.717) is 11.5 Å². The largest absolute Gasteiger partial charge is 0.659 e. The second-order valence-corrected chi connectivity index (χ2v) is 11.7. The third-order valence-electron chi connectivity index (χ3n) is 8.27. The number of para-hydroxylation sites is 2. The number of hydrogen-bond acceptors (Lipinski definition) is 4. The molecule has 0 aliphatic carbocycles. The van der Waals surface area contributed by atoms with Crippen LogP contribution in [0.25, 0.3) is 77.9 Å². The Morgan fingerprint density at radius 3 is 1.42 bits per heavy atom. The number of aryl methyl sites for hydroxylation is 4. The normalized spacial score (nSPS) is 11.3. The summed E-state index contributed by atoms with van der Waals surface area (Å²) in [5, 5.41) is 4.09. The first-order chi connectivity index (χ1) is 23.4. The molecule has 0 amide bonds. The molecule has 8 heterocycles. The van der Waals surface area contributed by atoms with Gasteiger partial charge in [-0.3, -0.25) is 0 Å². The van der Waals surface area contributed by atoms with Crippen LogP contribution < -0.4 is 19.1 Å². The van der Waals surface area contributed by atoms with Gasteiger partial charge in [-0.2, -0.15) is 0 Å². The first-order valence-corrected chi connectivity index (χ1v) is 15.1. The molecule has 0 saturated heterocycles. The maximum absolute atomic E-state index is 5.74. The topological polar surface area (TPSA) is 108 Å². The second kappa shape index (κ2) is 12.9. The van der Waals surface area contributed by atoms with Crippen LogP contribution in [0.1, 0.15) is 0 Å². The van der Waals surface area contributed by atoms with Crippen LogP contribution in [0.4, 0.5) is 0 Å². The number of fused-ring (bicyclic) bond motifs is 6. The molecule has 0 bridgehead atoms. The van der Waals surface area contributed by atoms with Gasteiger partial charge >= 0.3 is 0 Å². The molecule has 50 heavy (non-hydrogen) atoms. The standard InChI is InChI=1S/2C18H13N5O.2Pt/c2*1-21-6-7-23(11-21)15-5-3-4-12-13-9-24-18(17(13)20-16(12)15)14-8-22(2)10-19-14;;/h2*3-9H,1-2H3;;/q2*-2;;. The molecule has 0 fully saturated rings. The summed E-state index contributed by atoms with van der Waals surface area (Å²) >= 11 is 0. The molecule has 0 aliphatic heterocycles. The van der Waals surface area contributed by atoms with Crippen LogP contribution in [-0.4, -0.2) is 28.2 Å². The molecule has 256 valence electrons. The average molecular weight is 1020 g/mol. The Morgan fingerprint density at radius 2 is 1.06 bits per heavy atom. The van der Waals surface area contributed by atoms with Crippen LogP contribution in [0.2, 0.25) is 0 Å². The summed E-state index contributed by atoms with van der Waals surface area (Å²) < 4.78 is 22.7. The van der Waals surface area contributed by atoms with Crippen molar-refractivity contribution < 1.29 is 60.1 Å². The third kappa shape index (κ3) is 5.49. The third-order valence-corrected chi connectivity index (χ3v) is 8.27. The van der Waals surface area contributed by atoms with Gasteiger partial charge in [0.2, 0.25) is 12.7 Å². The molecule has 0 aliphatic rings. The van der Waals surface area contributed by atoms with E-state index in [-0.39, 0.29) is 42.1 Å². The Hall–Kier alpha value is -5.18. The summed E-state index contributed by atoms with van der Waals surface area (Å²) in [4.78, 5) is 18.2. The molecule has 0 atom stereocenters. The predicted molar refractivity (Wildman–Crippen MR) is 175 cm³/mol. The molecular formula is C36H26N10O2Pt2-4. The molecule has 0 N–H and O–H groups in total. The van der Waals surface area contributed by atoms with Crippen molar-refractivity contribution in [1.29, 1.82) is 0 Å². The zero-order valence-corrected chi connectivity index (χ0v) is 31.5. The van der Waals surface area contributed by atoms with E-state index in [1.54, 1.807) is 21.7 Å². The van der Waals surface area contributed by atoms with E-state index in [0.717, 1.165) is 66.4 Å². The fourth-order valence-corrected chi connectivity index (χ4v) is 6.06. The van der Waals surface area contributed by atoms with E-state index in [2.05, 4.69) is 47.4 Å². The molecule has 10 aromatic rings. The SMILES string of the molecule is Cn1[c-]nc(-c2occ3c2[n-]c2c(-n4[c-][n+](C)cc4)cccc23)c1.Cn1[c-]nc(-c2occ3c2[n-]c2c(-n4[c-][n+](C)cc4)cccc23)c1.[Pt].[Pt]. The number of aromatic nitrogens is 10. The predicted octanol–water partition coefficient (Wildman–Crippen LogP) is 4.31. The van der Waals surface area contributed by atoms with E-state index < -0.39 is 0 Å². The van der Waals surface area contributed by atoms with Gasteiger partial charge in [-0.25, -0.2) is 0 Å². The Labute approximate surface area is 314 Å². The molecule has 10 rings (SSSR count). The minimum Gasteiger partial charge on any atom is -0.659 e. The van der Waals surface area contributed by atoms with Gasteiger partial charge in [-0.1, -0.05) is 47.4 Å². The molecule has 0 saturated carbocycles. The minimum absolute atomic E-state index is 0. The smallest absolute Gasteiger partial charge is 0.243 e. The molecule has 12 nitrogen and oxygen atoms in total. The number of nitrogens with zero attached hydrogens (tertiary/aromatic N) is 10. The zero-order valence-electron chi connectivity index (χ0n) is 27.0. The van der Waals surface area contributed by atoms with E-state index in [4.69, 9.17) is 18.8 Å². The number of rotatable bonds is 4. The van der Waals surface area contributed by atoms with Crippen LogP contribution in [-0.2, 0) is 70.3 Å². The van der Waals surface area contributed by atoms with Crippen LogP contribution in [0.5, 0.6) is 0 Å². The van der Waals surface area contributed by atoms with Crippen LogP contribution in [0.15, 0.2) is 94.9 Å². The second-order valence-electron chi connectivity index (χ2n) is 11.7. The summed E-state index contributed by atoms with van der Waals surface area (Å²) in [6, 6.07) is 12.2. The molecule has 2 aromatic carbocycles. The number of imidazole rings is 4. The Balaban J connectivity index is 0.000000151. The first-order valence-electron chi connectivity index (χ1n) is 15.1. The zero-order chi connectivity index (χ0) is 32.5. The molecule has 8 aromatic heterocycles. The first kappa shape index (κ1) is 33.3. The van der Waals surface area contributed by atoms with Crippen LogP contribution in [0, 0.1) is 25.3 Å². The maximum atomic E-state index is 5.74. The van der Waals surface area contributed by atoms with Crippen molar-refractivity contribution in [3.8, 4) is 34.3 Å². The van der Waals surface area contributed by atoms with Crippen molar-refractivity contribution in [2.45, 2.75) is 0 Å². The van der Waals surface area contributed by atoms with Gasteiger partial charge in [0, 0.05) is 102 Å². The number of furan rings is 2. The van der Waals surface area contributed by atoms with Gasteiger partial charge in [0.25, 0.3) is 0 Å². The molecular weight excluding hydrogens is 995 g/mol. The molecule has 0 spiro atoms. The Morgan fingerprint density at radius 1 is 0.620 bits per heavy atom. The molecule has 0 unspecified atom stereocenters. The van der Waals surface area contributed by atoms with Crippen molar-refractivity contribution in [1.82, 2.24) is 38.2 Å². The summed E-state index contributed by atoms with van der Waals surface area (Å²) in [6.45, 7) is 0. The fraction of sp³-hybridized carbons (Fsp3) is 0.111. The van der Waals surface area contributed by atoms with E-state index in [1.165, 1.54) is 0 Å². The Bertz CT molecular complexity index is 2570. The van der Waals surface area contributed by atoms with E-state index in [9.17, 15) is 0 Å². The van der Waals surface area contributed by atoms with Crippen molar-refractivity contribution in [2.75, 3.05) is 0 Å². The summed E-state index contributed by atoms with van der Waals surface area (Å²) in [7, 11) is 7.65. The Kier molecular flexibility index (Phi) is 8.62. The fourth-order valence-electron chi connectivity index (χ4n) is 6.06. The van der Waals surface area contributed by atoms with E-state index in [1.807, 2.05) is 108 Å². The minimum atomic E-state index is 0. The van der Waals surface area contributed by atoms with Gasteiger partial charge in [-0.15, -0.1) is 23.4 Å². The maximum Gasteiger partial charge on any atom is 0.243 e. The van der Waals surface area contributed by atoms with Gasteiger partial charge in [0.15, 0.2) is 0 Å². The summed E-state index contributed by atoms with van der Waals surface area (Å²) in [5.74, 6) is 1.34. The van der Waals surface area contributed by atoms with Gasteiger partial charge < -0.3 is 56.2 Å². The van der Waals surface area contributed by atoms with Crippen LogP contribution in [0.3, 0.4) is 0 Å². The quantitative estimate of drug-likeness (QED) is 0.192. The van der Waals surface area contributed by atoms with Crippen LogP contribution >= 0.6 is 0 Å². The van der Waals surface area contributed by atoms with Gasteiger partial charge in [0.05, 0.1) is 38.1 Å². The van der Waals surface area contributed by atoms with Crippen molar-refractivity contribution >= 4 is 43.6 Å². The van der Waals surface area contributed by atoms with Crippen molar-refractivity contribution in [3.05, 3.63) is 111 Å². The van der Waals surface area contributed by atoms with Gasteiger partial charge in [-0.05, 0) is 36.3 Å². The average Bonchev–Trinajstić information content (AvgIpc) is 3.91. The van der Waals surface area contributed by atoms with E-state index >= 15 is 0 Å².